The van der Waals surface area contributed by atoms with Crippen LogP contribution >= 0.6 is 11.6 Å². The molecule has 0 spiro atoms. The monoisotopic (exact) mass is 263 g/mol. The summed E-state index contributed by atoms with van der Waals surface area (Å²) in [5.41, 5.74) is 2.44. The molecule has 0 fully saturated rings. The molecule has 1 heterocycles. The van der Waals surface area contributed by atoms with Gasteiger partial charge >= 0.3 is 0 Å². The Morgan fingerprint density at radius 1 is 1.22 bits per heavy atom. The Morgan fingerprint density at radius 2 is 1.94 bits per heavy atom. The van der Waals surface area contributed by atoms with Crippen LogP contribution in [0.15, 0.2) is 36.5 Å². The molecule has 0 saturated heterocycles. The average Bonchev–Trinajstić information content (AvgIpc) is 2.41. The first-order chi connectivity index (χ1) is 8.61. The zero-order valence-corrected chi connectivity index (χ0v) is 11.0. The second-order valence-electron chi connectivity index (χ2n) is 4.05. The number of aliphatic hydroxyl groups is 1. The molecule has 1 unspecified atom stereocenters. The third-order valence-corrected chi connectivity index (χ3v) is 3.20. The maximum atomic E-state index is 10.2. The van der Waals surface area contributed by atoms with Crippen LogP contribution in [0.4, 0.5) is 0 Å². The minimum absolute atomic E-state index is 0.521. The number of rotatable bonds is 3. The Balaban J connectivity index is 2.28. The summed E-state index contributed by atoms with van der Waals surface area (Å²) in [5.74, 6) is 0.521. The van der Waals surface area contributed by atoms with Crippen LogP contribution in [0.25, 0.3) is 0 Å². The maximum Gasteiger partial charge on any atom is 0.212 e. The van der Waals surface area contributed by atoms with Gasteiger partial charge in [-0.3, -0.25) is 0 Å². The molecule has 2 rings (SSSR count). The highest BCUT2D eigenvalue weighted by Gasteiger charge is 2.12. The third kappa shape index (κ3) is 2.63. The van der Waals surface area contributed by atoms with Crippen molar-refractivity contribution in [2.75, 3.05) is 7.11 Å². The van der Waals surface area contributed by atoms with E-state index in [1.807, 2.05) is 19.1 Å². The number of methoxy groups -OCH3 is 1. The third-order valence-electron chi connectivity index (χ3n) is 2.80. The molecule has 0 amide bonds. The molecule has 3 nitrogen and oxygen atoms in total. The molecule has 94 valence electrons. The van der Waals surface area contributed by atoms with E-state index >= 15 is 0 Å². The van der Waals surface area contributed by atoms with Gasteiger partial charge in [0.2, 0.25) is 5.88 Å². The van der Waals surface area contributed by atoms with E-state index in [0.29, 0.717) is 16.5 Å². The summed E-state index contributed by atoms with van der Waals surface area (Å²) >= 11 is 6.05. The number of aryl methyl sites for hydroxylation is 1. The topological polar surface area (TPSA) is 42.4 Å². The molecular weight excluding hydrogens is 250 g/mol. The number of nitrogens with zero attached hydrogens (tertiary/aromatic N) is 1. The van der Waals surface area contributed by atoms with Gasteiger partial charge < -0.3 is 9.84 Å². The normalized spacial score (nSPS) is 12.2. The Morgan fingerprint density at radius 3 is 2.50 bits per heavy atom. The van der Waals surface area contributed by atoms with E-state index in [0.717, 1.165) is 11.1 Å². The molecule has 0 saturated carbocycles. The first-order valence-electron chi connectivity index (χ1n) is 5.56. The fourth-order valence-corrected chi connectivity index (χ4v) is 1.83. The molecule has 2 aromatic rings. The van der Waals surface area contributed by atoms with Crippen molar-refractivity contribution in [1.29, 1.82) is 0 Å². The number of halogens is 1. The molecule has 4 heteroatoms. The van der Waals surface area contributed by atoms with Gasteiger partial charge in [0.05, 0.1) is 7.11 Å². The number of benzene rings is 1. The zero-order chi connectivity index (χ0) is 13.1. The number of aliphatic hydroxyl groups excluding tert-OH is 1. The number of aromatic nitrogens is 1. The first kappa shape index (κ1) is 12.9. The van der Waals surface area contributed by atoms with Crippen LogP contribution in [0.3, 0.4) is 0 Å². The van der Waals surface area contributed by atoms with Crippen molar-refractivity contribution in [1.82, 2.24) is 4.98 Å². The van der Waals surface area contributed by atoms with E-state index in [4.69, 9.17) is 16.3 Å². The number of hydrogen-bond donors (Lipinski definition) is 1. The molecule has 1 aromatic heterocycles. The largest absolute Gasteiger partial charge is 0.481 e. The van der Waals surface area contributed by atoms with Crippen molar-refractivity contribution in [2.24, 2.45) is 0 Å². The van der Waals surface area contributed by atoms with Gasteiger partial charge in [-0.15, -0.1) is 0 Å². The molecular formula is C14H14ClNO2. The Hall–Kier alpha value is -1.58. The van der Waals surface area contributed by atoms with Crippen LogP contribution in [0.1, 0.15) is 22.8 Å². The van der Waals surface area contributed by atoms with Crippen molar-refractivity contribution >= 4 is 11.6 Å². The highest BCUT2D eigenvalue weighted by atomic mass is 35.5. The lowest BCUT2D eigenvalue weighted by atomic mass is 10.0. The van der Waals surface area contributed by atoms with E-state index in [1.165, 1.54) is 0 Å². The predicted molar refractivity (Wildman–Crippen MR) is 71.0 cm³/mol. The Bertz CT molecular complexity index is 540. The van der Waals surface area contributed by atoms with Crippen LogP contribution in [0.5, 0.6) is 5.88 Å². The lowest BCUT2D eigenvalue weighted by Gasteiger charge is -2.12. The Labute approximate surface area is 111 Å². The SMILES string of the molecule is COc1ccc(C(O)c2ccc(C)c(Cl)c2)cn1. The average molecular weight is 264 g/mol. The molecule has 18 heavy (non-hydrogen) atoms. The number of pyridine rings is 1. The van der Waals surface area contributed by atoms with Crippen molar-refractivity contribution in [3.05, 3.63) is 58.2 Å². The predicted octanol–water partition coefficient (Wildman–Crippen LogP) is 3.13. The van der Waals surface area contributed by atoms with E-state index in [2.05, 4.69) is 4.98 Å². The minimum Gasteiger partial charge on any atom is -0.481 e. The lowest BCUT2D eigenvalue weighted by molar-refractivity contribution is 0.219. The lowest BCUT2D eigenvalue weighted by Crippen LogP contribution is -2.01. The van der Waals surface area contributed by atoms with E-state index < -0.39 is 6.10 Å². The van der Waals surface area contributed by atoms with E-state index in [1.54, 1.807) is 31.5 Å². The summed E-state index contributed by atoms with van der Waals surface area (Å²) in [6, 6.07) is 9.01. The molecule has 0 bridgehead atoms. The zero-order valence-electron chi connectivity index (χ0n) is 10.2. The van der Waals surface area contributed by atoms with Crippen molar-refractivity contribution in [3.63, 3.8) is 0 Å². The van der Waals surface area contributed by atoms with Crippen LogP contribution in [-0.4, -0.2) is 17.2 Å². The second-order valence-corrected chi connectivity index (χ2v) is 4.45. The summed E-state index contributed by atoms with van der Waals surface area (Å²) in [4.78, 5) is 4.07. The fourth-order valence-electron chi connectivity index (χ4n) is 1.65. The van der Waals surface area contributed by atoms with Crippen LogP contribution in [0, 0.1) is 6.92 Å². The fraction of sp³-hybridized carbons (Fsp3) is 0.214. The molecule has 0 aliphatic carbocycles. The summed E-state index contributed by atoms with van der Waals surface area (Å²) < 4.78 is 4.98. The van der Waals surface area contributed by atoms with Crippen LogP contribution in [-0.2, 0) is 0 Å². The standard InChI is InChI=1S/C14H14ClNO2/c1-9-3-4-10(7-12(9)15)14(17)11-5-6-13(18-2)16-8-11/h3-8,14,17H,1-2H3. The van der Waals surface area contributed by atoms with Crippen LogP contribution < -0.4 is 4.74 Å². The van der Waals surface area contributed by atoms with Crippen molar-refractivity contribution < 1.29 is 9.84 Å². The highest BCUT2D eigenvalue weighted by Crippen LogP contribution is 2.26. The van der Waals surface area contributed by atoms with Gasteiger partial charge in [-0.05, 0) is 30.2 Å². The number of ether oxygens (including phenoxy) is 1. The quantitative estimate of drug-likeness (QED) is 0.925. The van der Waals surface area contributed by atoms with Gasteiger partial charge in [0, 0.05) is 22.8 Å². The van der Waals surface area contributed by atoms with Gasteiger partial charge in [-0.25, -0.2) is 4.98 Å². The van der Waals surface area contributed by atoms with Crippen LogP contribution in [0.2, 0.25) is 5.02 Å². The molecule has 1 aromatic carbocycles. The van der Waals surface area contributed by atoms with Crippen molar-refractivity contribution in [3.8, 4) is 5.88 Å². The summed E-state index contributed by atoms with van der Waals surface area (Å²) in [6.07, 6.45) is 0.860. The minimum atomic E-state index is -0.735. The van der Waals surface area contributed by atoms with Gasteiger partial charge in [-0.2, -0.15) is 0 Å². The van der Waals surface area contributed by atoms with Gasteiger partial charge in [0.1, 0.15) is 6.10 Å². The maximum absolute atomic E-state index is 10.2. The molecule has 0 aliphatic rings. The van der Waals surface area contributed by atoms with E-state index in [-0.39, 0.29) is 0 Å². The molecule has 1 N–H and O–H groups in total. The second kappa shape index (κ2) is 5.38. The van der Waals surface area contributed by atoms with Crippen molar-refractivity contribution in [2.45, 2.75) is 13.0 Å². The van der Waals surface area contributed by atoms with E-state index in [9.17, 15) is 5.11 Å². The number of hydrogen-bond acceptors (Lipinski definition) is 3. The molecule has 1 atom stereocenters. The smallest absolute Gasteiger partial charge is 0.212 e. The molecule has 0 aliphatic heterocycles. The van der Waals surface area contributed by atoms with Gasteiger partial charge in [0.25, 0.3) is 0 Å². The first-order valence-corrected chi connectivity index (χ1v) is 5.93. The highest BCUT2D eigenvalue weighted by molar-refractivity contribution is 6.31. The van der Waals surface area contributed by atoms with Gasteiger partial charge in [-0.1, -0.05) is 23.7 Å². The molecule has 0 radical (unpaired) electrons. The Kier molecular flexibility index (Phi) is 3.84. The summed E-state index contributed by atoms with van der Waals surface area (Å²) in [7, 11) is 1.55. The van der Waals surface area contributed by atoms with Gasteiger partial charge in [0.15, 0.2) is 0 Å². The summed E-state index contributed by atoms with van der Waals surface area (Å²) in [5, 5.41) is 10.9. The summed E-state index contributed by atoms with van der Waals surface area (Å²) in [6.45, 7) is 1.92.